The molecule has 0 saturated carbocycles. The number of carbonyl (C=O) groups is 1. The molecule has 4 aromatic rings. The third kappa shape index (κ3) is 3.96. The molecule has 0 bridgehead atoms. The first kappa shape index (κ1) is 20.8. The summed E-state index contributed by atoms with van der Waals surface area (Å²) < 4.78 is 52.5. The van der Waals surface area contributed by atoms with Crippen LogP contribution >= 0.6 is 11.6 Å². The molecule has 1 N–H and O–H groups in total. The molecule has 6 nitrogen and oxygen atoms in total. The maximum atomic E-state index is 13.7. The van der Waals surface area contributed by atoms with Crippen molar-refractivity contribution in [2.75, 3.05) is 7.11 Å². The fourth-order valence-electron chi connectivity index (χ4n) is 3.16. The number of furan rings is 1. The number of halogens is 4. The number of benzene rings is 1. The summed E-state index contributed by atoms with van der Waals surface area (Å²) in [5, 5.41) is 2.37. The smallest absolute Gasteiger partial charge is 0.420 e. The topological polar surface area (TPSA) is 68.8 Å². The lowest BCUT2D eigenvalue weighted by Crippen LogP contribution is -2.23. The fourth-order valence-corrected chi connectivity index (χ4v) is 3.41. The minimum atomic E-state index is -4.72. The van der Waals surface area contributed by atoms with Crippen LogP contribution in [0.15, 0.2) is 59.3 Å². The van der Waals surface area contributed by atoms with E-state index >= 15 is 0 Å². The number of carbonyl (C=O) groups excluding carboxylic acids is 1. The highest BCUT2D eigenvalue weighted by atomic mass is 35.5. The van der Waals surface area contributed by atoms with E-state index < -0.39 is 23.3 Å². The van der Waals surface area contributed by atoms with Gasteiger partial charge in [-0.3, -0.25) is 9.20 Å². The number of pyridine rings is 1. The van der Waals surface area contributed by atoms with Crippen LogP contribution in [0.1, 0.15) is 21.6 Å². The lowest BCUT2D eigenvalue weighted by Gasteiger charge is -2.10. The number of alkyl halides is 3. The quantitative estimate of drug-likeness (QED) is 0.454. The van der Waals surface area contributed by atoms with Crippen molar-refractivity contribution < 1.29 is 27.1 Å². The van der Waals surface area contributed by atoms with E-state index in [1.165, 1.54) is 25.6 Å². The van der Waals surface area contributed by atoms with Crippen molar-refractivity contribution in [3.05, 3.63) is 76.9 Å². The number of hydrogen-bond donors (Lipinski definition) is 1. The maximum absolute atomic E-state index is 13.7. The number of ether oxygens (including phenoxy) is 1. The number of hydrogen-bond acceptors (Lipinski definition) is 4. The number of nitrogens with one attached hydrogen (secondary N) is 1. The van der Waals surface area contributed by atoms with E-state index in [1.807, 2.05) is 0 Å². The number of imidazole rings is 1. The molecule has 0 atom stereocenters. The lowest BCUT2D eigenvalue weighted by molar-refractivity contribution is -0.136. The van der Waals surface area contributed by atoms with Crippen LogP contribution in [-0.4, -0.2) is 22.4 Å². The molecule has 31 heavy (non-hydrogen) atoms. The Hall–Kier alpha value is -3.46. The zero-order valence-electron chi connectivity index (χ0n) is 16.0. The maximum Gasteiger partial charge on any atom is 0.420 e. The second-order valence-corrected chi connectivity index (χ2v) is 6.91. The van der Waals surface area contributed by atoms with E-state index in [0.717, 1.165) is 10.5 Å². The predicted molar refractivity (Wildman–Crippen MR) is 107 cm³/mol. The summed E-state index contributed by atoms with van der Waals surface area (Å²) in [6, 6.07) is 11.0. The Morgan fingerprint density at radius 1 is 1.26 bits per heavy atom. The van der Waals surface area contributed by atoms with Crippen molar-refractivity contribution >= 4 is 23.2 Å². The van der Waals surface area contributed by atoms with E-state index in [4.69, 9.17) is 20.8 Å². The summed E-state index contributed by atoms with van der Waals surface area (Å²) in [6.45, 7) is 0.0802. The molecule has 0 aliphatic carbocycles. The van der Waals surface area contributed by atoms with Crippen LogP contribution in [0.2, 0.25) is 5.15 Å². The fraction of sp³-hybridized carbons (Fsp3) is 0.143. The molecular weight excluding hydrogens is 435 g/mol. The Bertz CT molecular complexity index is 1250. The first-order valence-corrected chi connectivity index (χ1v) is 9.40. The minimum Gasteiger partial charge on any atom is -0.496 e. The van der Waals surface area contributed by atoms with Gasteiger partial charge in [0.25, 0.3) is 5.91 Å². The monoisotopic (exact) mass is 449 g/mol. The average Bonchev–Trinajstić information content (AvgIpc) is 3.39. The van der Waals surface area contributed by atoms with Gasteiger partial charge in [-0.25, -0.2) is 4.98 Å². The van der Waals surface area contributed by atoms with Crippen LogP contribution < -0.4 is 10.1 Å². The number of amides is 1. The van der Waals surface area contributed by atoms with Crippen LogP contribution in [0.4, 0.5) is 13.2 Å². The highest BCUT2D eigenvalue weighted by Crippen LogP contribution is 2.37. The van der Waals surface area contributed by atoms with Gasteiger partial charge in [0.1, 0.15) is 16.7 Å². The molecule has 0 unspecified atom stereocenters. The summed E-state index contributed by atoms with van der Waals surface area (Å²) in [5.41, 5.74) is -1.000. The second-order valence-electron chi connectivity index (χ2n) is 6.56. The SMILES string of the molecule is COc1ccccc1CNC(=O)c1nc2c(C(F)(F)F)cc(-c3ccco3)cn2c1Cl. The van der Waals surface area contributed by atoms with Crippen LogP contribution in [-0.2, 0) is 12.7 Å². The molecule has 0 aliphatic heterocycles. The Morgan fingerprint density at radius 3 is 2.71 bits per heavy atom. The van der Waals surface area contributed by atoms with E-state index in [2.05, 4.69) is 10.3 Å². The van der Waals surface area contributed by atoms with Crippen molar-refractivity contribution in [3.63, 3.8) is 0 Å². The van der Waals surface area contributed by atoms with Crippen molar-refractivity contribution in [3.8, 4) is 17.1 Å². The molecule has 0 saturated heterocycles. The number of aromatic nitrogens is 2. The summed E-state index contributed by atoms with van der Waals surface area (Å²) in [6.07, 6.45) is -2.03. The van der Waals surface area contributed by atoms with Gasteiger partial charge < -0.3 is 14.5 Å². The molecular formula is C21H15ClF3N3O3. The van der Waals surface area contributed by atoms with Crippen LogP contribution in [0.3, 0.4) is 0 Å². The second kappa shape index (κ2) is 7.99. The molecule has 4 rings (SSSR count). The molecule has 1 amide bonds. The van der Waals surface area contributed by atoms with Crippen LogP contribution in [0, 0.1) is 0 Å². The Balaban J connectivity index is 1.73. The summed E-state index contributed by atoms with van der Waals surface area (Å²) in [5.74, 6) is 0.0676. The molecule has 0 aliphatic rings. The summed E-state index contributed by atoms with van der Waals surface area (Å²) in [4.78, 5) is 16.6. The highest BCUT2D eigenvalue weighted by molar-refractivity contribution is 6.33. The van der Waals surface area contributed by atoms with Gasteiger partial charge in [0.05, 0.1) is 18.9 Å². The lowest BCUT2D eigenvalue weighted by atomic mass is 10.1. The Labute approximate surface area is 179 Å². The first-order chi connectivity index (χ1) is 14.8. The van der Waals surface area contributed by atoms with Gasteiger partial charge in [-0.2, -0.15) is 13.2 Å². The summed E-state index contributed by atoms with van der Waals surface area (Å²) in [7, 11) is 1.49. The Kier molecular flexibility index (Phi) is 5.36. The van der Waals surface area contributed by atoms with Gasteiger partial charge in [0.15, 0.2) is 11.3 Å². The average molecular weight is 450 g/mol. The molecule has 3 aromatic heterocycles. The molecule has 10 heteroatoms. The number of nitrogens with zero attached hydrogens (tertiary/aromatic N) is 2. The van der Waals surface area contributed by atoms with Crippen molar-refractivity contribution in [2.24, 2.45) is 0 Å². The molecule has 3 heterocycles. The van der Waals surface area contributed by atoms with Gasteiger partial charge in [-0.05, 0) is 24.3 Å². The van der Waals surface area contributed by atoms with Crippen molar-refractivity contribution in [2.45, 2.75) is 12.7 Å². The van der Waals surface area contributed by atoms with Crippen molar-refractivity contribution in [1.82, 2.24) is 14.7 Å². The zero-order chi connectivity index (χ0) is 22.2. The molecule has 0 fully saturated rings. The van der Waals surface area contributed by atoms with E-state index in [-0.39, 0.29) is 28.7 Å². The number of methoxy groups -OCH3 is 1. The first-order valence-electron chi connectivity index (χ1n) is 9.02. The molecule has 1 aromatic carbocycles. The standard InChI is InChI=1S/C21H15ClF3N3O3/c1-30-15-6-3-2-5-12(15)10-26-20(29)17-18(22)28-11-13(16-7-4-8-31-16)9-14(19(28)27-17)21(23,24)25/h2-9,11H,10H2,1H3,(H,26,29). The van der Waals surface area contributed by atoms with Crippen LogP contribution in [0.5, 0.6) is 5.75 Å². The largest absolute Gasteiger partial charge is 0.496 e. The number of para-hydroxylation sites is 1. The van der Waals surface area contributed by atoms with E-state index in [0.29, 0.717) is 11.3 Å². The van der Waals surface area contributed by atoms with Crippen LogP contribution in [0.25, 0.3) is 17.0 Å². The van der Waals surface area contributed by atoms with E-state index in [9.17, 15) is 18.0 Å². The van der Waals surface area contributed by atoms with Crippen molar-refractivity contribution in [1.29, 1.82) is 0 Å². The minimum absolute atomic E-state index is 0.0802. The predicted octanol–water partition coefficient (Wildman–Crippen LogP) is 5.21. The molecule has 0 radical (unpaired) electrons. The van der Waals surface area contributed by atoms with Gasteiger partial charge in [-0.15, -0.1) is 0 Å². The molecule has 0 spiro atoms. The number of fused-ring (bicyclic) bond motifs is 1. The highest BCUT2D eigenvalue weighted by Gasteiger charge is 2.36. The Morgan fingerprint density at radius 2 is 2.03 bits per heavy atom. The van der Waals surface area contributed by atoms with Gasteiger partial charge >= 0.3 is 6.18 Å². The molecule has 160 valence electrons. The summed E-state index contributed by atoms with van der Waals surface area (Å²) >= 11 is 6.26. The zero-order valence-corrected chi connectivity index (χ0v) is 16.8. The van der Waals surface area contributed by atoms with Gasteiger partial charge in [0, 0.05) is 23.9 Å². The normalized spacial score (nSPS) is 11.6. The van der Waals surface area contributed by atoms with Gasteiger partial charge in [-0.1, -0.05) is 29.8 Å². The number of rotatable bonds is 5. The van der Waals surface area contributed by atoms with Gasteiger partial charge in [0.2, 0.25) is 0 Å². The van der Waals surface area contributed by atoms with E-state index in [1.54, 1.807) is 30.3 Å². The third-order valence-electron chi connectivity index (χ3n) is 4.62. The third-order valence-corrected chi connectivity index (χ3v) is 4.98.